The third-order valence-electron chi connectivity index (χ3n) is 4.06. The number of benzene rings is 1. The molecule has 2 rings (SSSR count). The largest absolute Gasteiger partial charge is 0.491 e. The van der Waals surface area contributed by atoms with Crippen molar-refractivity contribution in [1.29, 1.82) is 0 Å². The first kappa shape index (κ1) is 14.4. The highest BCUT2D eigenvalue weighted by atomic mass is 16.5. The summed E-state index contributed by atoms with van der Waals surface area (Å²) in [5, 5.41) is 9.48. The summed E-state index contributed by atoms with van der Waals surface area (Å²) in [5.74, 6) is 1.77. The topological polar surface area (TPSA) is 55.5 Å². The van der Waals surface area contributed by atoms with Crippen LogP contribution in [0.15, 0.2) is 18.2 Å². The number of aryl methyl sites for hydroxylation is 1. The fraction of sp³-hybridized carbons (Fsp3) is 0.625. The Hall–Kier alpha value is -1.06. The minimum atomic E-state index is -0.583. The van der Waals surface area contributed by atoms with E-state index >= 15 is 0 Å². The van der Waals surface area contributed by atoms with Crippen molar-refractivity contribution in [3.63, 3.8) is 0 Å². The molecule has 1 aromatic carbocycles. The van der Waals surface area contributed by atoms with Crippen molar-refractivity contribution in [3.05, 3.63) is 29.3 Å². The molecule has 3 heteroatoms. The Morgan fingerprint density at radius 1 is 1.42 bits per heavy atom. The zero-order valence-electron chi connectivity index (χ0n) is 12.1. The van der Waals surface area contributed by atoms with E-state index in [-0.39, 0.29) is 6.61 Å². The lowest BCUT2D eigenvalue weighted by molar-refractivity contribution is 0.116. The number of hydrogen-bond donors (Lipinski definition) is 2. The van der Waals surface area contributed by atoms with Gasteiger partial charge in [0.25, 0.3) is 0 Å². The van der Waals surface area contributed by atoms with Crippen LogP contribution in [-0.4, -0.2) is 23.9 Å². The summed E-state index contributed by atoms with van der Waals surface area (Å²) >= 11 is 0. The molecule has 0 aromatic heterocycles. The van der Waals surface area contributed by atoms with Gasteiger partial charge >= 0.3 is 0 Å². The van der Waals surface area contributed by atoms with Crippen LogP contribution in [0.5, 0.6) is 5.75 Å². The maximum Gasteiger partial charge on any atom is 0.122 e. The smallest absolute Gasteiger partial charge is 0.122 e. The average Bonchev–Trinajstić information content (AvgIpc) is 3.21. The quantitative estimate of drug-likeness (QED) is 0.829. The molecule has 0 amide bonds. The highest BCUT2D eigenvalue weighted by Gasteiger charge is 2.42. The highest BCUT2D eigenvalue weighted by molar-refractivity contribution is 5.37. The van der Waals surface area contributed by atoms with E-state index in [2.05, 4.69) is 32.0 Å². The van der Waals surface area contributed by atoms with Crippen LogP contribution in [-0.2, 0) is 0 Å². The van der Waals surface area contributed by atoms with E-state index < -0.39 is 5.54 Å². The molecule has 19 heavy (non-hydrogen) atoms. The Morgan fingerprint density at radius 3 is 2.63 bits per heavy atom. The Kier molecular flexibility index (Phi) is 4.16. The molecule has 106 valence electrons. The van der Waals surface area contributed by atoms with Crippen molar-refractivity contribution >= 4 is 0 Å². The monoisotopic (exact) mass is 263 g/mol. The molecule has 0 saturated heterocycles. The lowest BCUT2D eigenvalue weighted by atomic mass is 9.97. The molecule has 1 aliphatic rings. The summed E-state index contributed by atoms with van der Waals surface area (Å²) in [5.41, 5.74) is 8.01. The first-order valence-electron chi connectivity index (χ1n) is 7.09. The lowest BCUT2D eigenvalue weighted by Gasteiger charge is -2.27. The van der Waals surface area contributed by atoms with Crippen LogP contribution >= 0.6 is 0 Å². The predicted octanol–water partition coefficient (Wildman–Crippen LogP) is 2.60. The van der Waals surface area contributed by atoms with E-state index in [0.717, 1.165) is 24.2 Å². The van der Waals surface area contributed by atoms with Crippen molar-refractivity contribution in [1.82, 2.24) is 0 Å². The fourth-order valence-corrected chi connectivity index (χ4v) is 2.29. The maximum atomic E-state index is 9.48. The Labute approximate surface area is 115 Å². The van der Waals surface area contributed by atoms with Gasteiger partial charge in [0.2, 0.25) is 0 Å². The molecular formula is C16H25NO2. The molecule has 0 bridgehead atoms. The lowest BCUT2D eigenvalue weighted by Crippen LogP contribution is -2.51. The molecule has 1 atom stereocenters. The summed E-state index contributed by atoms with van der Waals surface area (Å²) in [4.78, 5) is 0. The molecule has 3 nitrogen and oxygen atoms in total. The van der Waals surface area contributed by atoms with Crippen LogP contribution in [0, 0.1) is 12.8 Å². The number of nitrogens with two attached hydrogens (primary N) is 1. The molecular weight excluding hydrogens is 238 g/mol. The number of ether oxygens (including phenoxy) is 1. The van der Waals surface area contributed by atoms with E-state index in [0.29, 0.717) is 18.4 Å². The molecule has 0 spiro atoms. The van der Waals surface area contributed by atoms with E-state index in [9.17, 15) is 5.11 Å². The van der Waals surface area contributed by atoms with Crippen LogP contribution < -0.4 is 10.5 Å². The van der Waals surface area contributed by atoms with Gasteiger partial charge in [-0.2, -0.15) is 0 Å². The van der Waals surface area contributed by atoms with E-state index in [1.54, 1.807) is 0 Å². The average molecular weight is 263 g/mol. The van der Waals surface area contributed by atoms with Gasteiger partial charge in [-0.15, -0.1) is 0 Å². The number of rotatable bonds is 6. The summed E-state index contributed by atoms with van der Waals surface area (Å²) in [6.45, 7) is 6.74. The molecule has 1 aliphatic carbocycles. The Balaban J connectivity index is 2.08. The Morgan fingerprint density at radius 2 is 2.11 bits per heavy atom. The van der Waals surface area contributed by atoms with Gasteiger partial charge in [0.05, 0.1) is 12.1 Å². The number of aliphatic hydroxyl groups is 1. The van der Waals surface area contributed by atoms with Gasteiger partial charge in [0, 0.05) is 0 Å². The van der Waals surface area contributed by atoms with E-state index in [1.165, 1.54) is 5.56 Å². The fourth-order valence-electron chi connectivity index (χ4n) is 2.29. The Bertz CT molecular complexity index is 440. The molecule has 1 unspecified atom stereocenters. The molecule has 1 fully saturated rings. The second kappa shape index (κ2) is 5.51. The van der Waals surface area contributed by atoms with Gasteiger partial charge in [0.1, 0.15) is 12.4 Å². The van der Waals surface area contributed by atoms with Gasteiger partial charge in [-0.25, -0.2) is 0 Å². The van der Waals surface area contributed by atoms with Gasteiger partial charge in [-0.3, -0.25) is 0 Å². The van der Waals surface area contributed by atoms with Gasteiger partial charge in [0.15, 0.2) is 0 Å². The van der Waals surface area contributed by atoms with Crippen LogP contribution in [0.4, 0.5) is 0 Å². The normalized spacial score (nSPS) is 18.4. The summed E-state index contributed by atoms with van der Waals surface area (Å²) < 4.78 is 5.90. The van der Waals surface area contributed by atoms with E-state index in [1.807, 2.05) is 6.92 Å². The number of hydrogen-bond acceptors (Lipinski definition) is 3. The molecule has 1 saturated carbocycles. The van der Waals surface area contributed by atoms with Crippen molar-refractivity contribution in [2.75, 3.05) is 13.2 Å². The van der Waals surface area contributed by atoms with Crippen molar-refractivity contribution in [2.24, 2.45) is 11.7 Å². The molecule has 3 N–H and O–H groups in total. The van der Waals surface area contributed by atoms with Crippen LogP contribution in [0.3, 0.4) is 0 Å². The summed E-state index contributed by atoms with van der Waals surface area (Å²) in [6, 6.07) is 6.30. The maximum absolute atomic E-state index is 9.48. The van der Waals surface area contributed by atoms with Crippen LogP contribution in [0.2, 0.25) is 0 Å². The second-order valence-corrected chi connectivity index (χ2v) is 6.13. The molecule has 0 aliphatic heterocycles. The van der Waals surface area contributed by atoms with Crippen LogP contribution in [0.1, 0.15) is 43.7 Å². The molecule has 0 heterocycles. The third-order valence-corrected chi connectivity index (χ3v) is 4.06. The molecule has 1 aromatic rings. The van der Waals surface area contributed by atoms with Crippen molar-refractivity contribution < 1.29 is 9.84 Å². The third kappa shape index (κ3) is 3.28. The SMILES string of the molecule is Cc1ccc(C(C)C)cc1OCC(N)(CO)C1CC1. The summed E-state index contributed by atoms with van der Waals surface area (Å²) in [6.07, 6.45) is 2.21. The minimum Gasteiger partial charge on any atom is -0.491 e. The molecule has 0 radical (unpaired) electrons. The van der Waals surface area contributed by atoms with Crippen molar-refractivity contribution in [3.8, 4) is 5.75 Å². The first-order valence-corrected chi connectivity index (χ1v) is 7.09. The zero-order chi connectivity index (χ0) is 14.0. The zero-order valence-corrected chi connectivity index (χ0v) is 12.1. The van der Waals surface area contributed by atoms with Crippen LogP contribution in [0.25, 0.3) is 0 Å². The first-order chi connectivity index (χ1) is 8.96. The standard InChI is InChI=1S/C16H25NO2/c1-11(2)13-5-4-12(3)15(8-13)19-10-16(17,9-18)14-6-7-14/h4-5,8,11,14,18H,6-7,9-10,17H2,1-3H3. The second-order valence-electron chi connectivity index (χ2n) is 6.13. The van der Waals surface area contributed by atoms with Gasteiger partial charge < -0.3 is 15.6 Å². The predicted molar refractivity (Wildman–Crippen MR) is 77.5 cm³/mol. The highest BCUT2D eigenvalue weighted by Crippen LogP contribution is 2.38. The van der Waals surface area contributed by atoms with E-state index in [4.69, 9.17) is 10.5 Å². The van der Waals surface area contributed by atoms with Gasteiger partial charge in [-0.05, 0) is 48.8 Å². The minimum absolute atomic E-state index is 0.0133. The summed E-state index contributed by atoms with van der Waals surface area (Å²) in [7, 11) is 0. The number of aliphatic hydroxyl groups excluding tert-OH is 1. The van der Waals surface area contributed by atoms with Crippen molar-refractivity contribution in [2.45, 2.75) is 45.1 Å². The van der Waals surface area contributed by atoms with Gasteiger partial charge in [-0.1, -0.05) is 26.0 Å².